The lowest BCUT2D eigenvalue weighted by Gasteiger charge is -2.36. The third kappa shape index (κ3) is 3.69. The second kappa shape index (κ2) is 7.82. The van der Waals surface area contributed by atoms with Crippen molar-refractivity contribution in [2.24, 2.45) is 5.92 Å². The minimum atomic E-state index is -0.134. The molecule has 5 nitrogen and oxygen atoms in total. The van der Waals surface area contributed by atoms with Gasteiger partial charge in [0.15, 0.2) is 0 Å². The molecule has 2 aromatic carbocycles. The van der Waals surface area contributed by atoms with Gasteiger partial charge in [-0.1, -0.05) is 43.7 Å². The highest BCUT2D eigenvalue weighted by atomic mass is 16.5. The number of carbonyl (C=O) groups excluding carboxylic acids is 1. The molecule has 0 bridgehead atoms. The van der Waals surface area contributed by atoms with Crippen LogP contribution in [0.3, 0.4) is 0 Å². The highest BCUT2D eigenvalue weighted by Gasteiger charge is 2.34. The number of ether oxygens (including phenoxy) is 1. The Kier molecular flexibility index (Phi) is 5.22. The first kappa shape index (κ1) is 19.4. The van der Waals surface area contributed by atoms with Crippen molar-refractivity contribution >= 4 is 16.9 Å². The van der Waals surface area contributed by atoms with Gasteiger partial charge in [0.25, 0.3) is 0 Å². The molecule has 2 N–H and O–H groups in total. The maximum absolute atomic E-state index is 13.1. The number of H-pyrrole nitrogens is 1. The number of amides is 2. The van der Waals surface area contributed by atoms with Gasteiger partial charge in [0.2, 0.25) is 0 Å². The quantitative estimate of drug-likeness (QED) is 0.671. The van der Waals surface area contributed by atoms with Crippen molar-refractivity contribution in [2.75, 3.05) is 20.2 Å². The highest BCUT2D eigenvalue weighted by Crippen LogP contribution is 2.39. The normalized spacial score (nSPS) is 16.2. The lowest BCUT2D eigenvalue weighted by molar-refractivity contribution is 0.178. The molecule has 0 spiro atoms. The molecule has 0 unspecified atom stereocenters. The first-order chi connectivity index (χ1) is 14.0. The number of aromatic amines is 1. The van der Waals surface area contributed by atoms with Crippen molar-refractivity contribution in [1.82, 2.24) is 15.2 Å². The summed E-state index contributed by atoms with van der Waals surface area (Å²) in [5.74, 6) is 1.26. The number of nitrogens with zero attached hydrogens (tertiary/aromatic N) is 1. The molecule has 1 aromatic heterocycles. The molecule has 0 radical (unpaired) electrons. The van der Waals surface area contributed by atoms with Gasteiger partial charge < -0.3 is 19.9 Å². The number of aryl methyl sites for hydroxylation is 1. The SMILES string of the molecule is COc1ccc2[nH]c3c(c2c1)CCN(C(=O)NCC(C)C)[C@@H]3c1ccc(C)cc1. The fourth-order valence-electron chi connectivity index (χ4n) is 4.10. The van der Waals surface area contributed by atoms with Crippen LogP contribution in [-0.4, -0.2) is 36.1 Å². The van der Waals surface area contributed by atoms with Crippen molar-refractivity contribution in [3.8, 4) is 5.75 Å². The molecule has 4 rings (SSSR count). The third-order valence-electron chi connectivity index (χ3n) is 5.65. The number of benzene rings is 2. The molecule has 5 heteroatoms. The molecule has 3 aromatic rings. The number of urea groups is 1. The van der Waals surface area contributed by atoms with Gasteiger partial charge in [-0.2, -0.15) is 0 Å². The maximum Gasteiger partial charge on any atom is 0.318 e. The van der Waals surface area contributed by atoms with E-state index in [1.54, 1.807) is 7.11 Å². The molecule has 1 aliphatic rings. The minimum absolute atomic E-state index is 0.00818. The van der Waals surface area contributed by atoms with Gasteiger partial charge in [-0.25, -0.2) is 4.79 Å². The van der Waals surface area contributed by atoms with E-state index in [9.17, 15) is 4.79 Å². The zero-order valence-electron chi connectivity index (χ0n) is 17.6. The van der Waals surface area contributed by atoms with E-state index < -0.39 is 0 Å². The number of nitrogens with one attached hydrogen (secondary N) is 2. The van der Waals surface area contributed by atoms with Gasteiger partial charge in [0.1, 0.15) is 5.75 Å². The number of hydrogen-bond donors (Lipinski definition) is 2. The zero-order chi connectivity index (χ0) is 20.5. The van der Waals surface area contributed by atoms with Crippen LogP contribution >= 0.6 is 0 Å². The topological polar surface area (TPSA) is 57.4 Å². The summed E-state index contributed by atoms with van der Waals surface area (Å²) in [5.41, 5.74) is 5.79. The number of carbonyl (C=O) groups is 1. The number of fused-ring (bicyclic) bond motifs is 3. The average Bonchev–Trinajstić information content (AvgIpc) is 3.09. The van der Waals surface area contributed by atoms with Crippen LogP contribution < -0.4 is 10.1 Å². The van der Waals surface area contributed by atoms with Crippen LogP contribution in [-0.2, 0) is 6.42 Å². The van der Waals surface area contributed by atoms with Crippen LogP contribution in [0.2, 0.25) is 0 Å². The number of hydrogen-bond acceptors (Lipinski definition) is 2. The van der Waals surface area contributed by atoms with Crippen LogP contribution in [0.15, 0.2) is 42.5 Å². The Morgan fingerprint density at radius 3 is 2.69 bits per heavy atom. The largest absolute Gasteiger partial charge is 0.497 e. The molecule has 152 valence electrons. The van der Waals surface area contributed by atoms with E-state index in [0.717, 1.165) is 28.9 Å². The first-order valence-electron chi connectivity index (χ1n) is 10.3. The first-order valence-corrected chi connectivity index (χ1v) is 10.3. The summed E-state index contributed by atoms with van der Waals surface area (Å²) < 4.78 is 5.43. The van der Waals surface area contributed by atoms with Gasteiger partial charge >= 0.3 is 6.03 Å². The van der Waals surface area contributed by atoms with Crippen molar-refractivity contribution in [2.45, 2.75) is 33.2 Å². The summed E-state index contributed by atoms with van der Waals surface area (Å²) in [5, 5.41) is 4.28. The molecule has 2 amide bonds. The smallest absolute Gasteiger partial charge is 0.318 e. The molecule has 0 saturated heterocycles. The van der Waals surface area contributed by atoms with Gasteiger partial charge in [-0.3, -0.25) is 0 Å². The van der Waals surface area contributed by atoms with Crippen molar-refractivity contribution in [3.63, 3.8) is 0 Å². The Balaban J connectivity index is 1.80. The van der Waals surface area contributed by atoms with Crippen molar-refractivity contribution < 1.29 is 9.53 Å². The summed E-state index contributed by atoms with van der Waals surface area (Å²) in [7, 11) is 1.69. The van der Waals surface area contributed by atoms with E-state index in [0.29, 0.717) is 19.0 Å². The molecule has 1 atom stereocenters. The average molecular weight is 392 g/mol. The number of methoxy groups -OCH3 is 1. The van der Waals surface area contributed by atoms with Crippen molar-refractivity contribution in [1.29, 1.82) is 0 Å². The number of aromatic nitrogens is 1. The van der Waals surface area contributed by atoms with E-state index in [-0.39, 0.29) is 12.1 Å². The molecular weight excluding hydrogens is 362 g/mol. The highest BCUT2D eigenvalue weighted by molar-refractivity contribution is 5.87. The maximum atomic E-state index is 13.1. The van der Waals surface area contributed by atoms with Gasteiger partial charge in [0, 0.05) is 29.7 Å². The lowest BCUT2D eigenvalue weighted by atomic mass is 9.92. The Hall–Kier alpha value is -2.95. The molecule has 29 heavy (non-hydrogen) atoms. The predicted molar refractivity (Wildman–Crippen MR) is 117 cm³/mol. The van der Waals surface area contributed by atoms with E-state index in [1.165, 1.54) is 16.5 Å². The zero-order valence-corrected chi connectivity index (χ0v) is 17.6. The molecule has 2 heterocycles. The van der Waals surface area contributed by atoms with Gasteiger partial charge in [-0.15, -0.1) is 0 Å². The summed E-state index contributed by atoms with van der Waals surface area (Å²) in [6.45, 7) is 7.65. The van der Waals surface area contributed by atoms with Crippen LogP contribution in [0.1, 0.15) is 42.3 Å². The summed E-state index contributed by atoms with van der Waals surface area (Å²) in [6.07, 6.45) is 0.819. The summed E-state index contributed by atoms with van der Waals surface area (Å²) in [4.78, 5) is 18.6. The molecule has 0 saturated carbocycles. The second-order valence-corrected chi connectivity index (χ2v) is 8.27. The van der Waals surface area contributed by atoms with Crippen LogP contribution in [0.5, 0.6) is 5.75 Å². The van der Waals surface area contributed by atoms with Gasteiger partial charge in [-0.05, 0) is 48.6 Å². The van der Waals surface area contributed by atoms with E-state index in [4.69, 9.17) is 4.74 Å². The number of rotatable bonds is 4. The summed E-state index contributed by atoms with van der Waals surface area (Å²) >= 11 is 0. The second-order valence-electron chi connectivity index (χ2n) is 8.27. The predicted octanol–water partition coefficient (Wildman–Crippen LogP) is 4.80. The summed E-state index contributed by atoms with van der Waals surface area (Å²) in [6, 6.07) is 14.5. The van der Waals surface area contributed by atoms with E-state index in [2.05, 4.69) is 67.5 Å². The monoisotopic (exact) mass is 391 g/mol. The fraction of sp³-hybridized carbons (Fsp3) is 0.375. The Morgan fingerprint density at radius 1 is 1.24 bits per heavy atom. The van der Waals surface area contributed by atoms with E-state index in [1.807, 2.05) is 11.0 Å². The lowest BCUT2D eigenvalue weighted by Crippen LogP contribution is -2.46. The Bertz CT molecular complexity index is 1020. The van der Waals surface area contributed by atoms with Crippen molar-refractivity contribution in [3.05, 3.63) is 64.8 Å². The van der Waals surface area contributed by atoms with Crippen LogP contribution in [0, 0.1) is 12.8 Å². The van der Waals surface area contributed by atoms with Crippen LogP contribution in [0.25, 0.3) is 10.9 Å². The fourth-order valence-corrected chi connectivity index (χ4v) is 4.10. The van der Waals surface area contributed by atoms with Gasteiger partial charge in [0.05, 0.1) is 13.2 Å². The van der Waals surface area contributed by atoms with Crippen LogP contribution in [0.4, 0.5) is 4.79 Å². The molecule has 0 aliphatic carbocycles. The molecular formula is C24H29N3O2. The Labute approximate surface area is 172 Å². The molecule has 1 aliphatic heterocycles. The minimum Gasteiger partial charge on any atom is -0.497 e. The third-order valence-corrected chi connectivity index (χ3v) is 5.65. The molecule has 0 fully saturated rings. The van der Waals surface area contributed by atoms with E-state index >= 15 is 0 Å². The Morgan fingerprint density at radius 2 is 2.00 bits per heavy atom. The standard InChI is InChI=1S/C24H29N3O2/c1-15(2)14-25-24(28)27-12-11-19-20-13-18(29-4)9-10-21(20)26-22(19)23(27)17-7-5-16(3)6-8-17/h5-10,13,15,23,26H,11-12,14H2,1-4H3,(H,25,28)/t23-/m1/s1.